The van der Waals surface area contributed by atoms with Crippen LogP contribution in [0.1, 0.15) is 68.9 Å². The summed E-state index contributed by atoms with van der Waals surface area (Å²) in [5, 5.41) is 0. The Bertz CT molecular complexity index is 1050. The van der Waals surface area contributed by atoms with E-state index in [-0.39, 0.29) is 12.3 Å². The molecule has 0 unspecified atom stereocenters. The Labute approximate surface area is 203 Å². The molecule has 190 valence electrons. The molecule has 0 radical (unpaired) electrons. The lowest BCUT2D eigenvalue weighted by Gasteiger charge is -2.47. The summed E-state index contributed by atoms with van der Waals surface area (Å²) in [6, 6.07) is 11.3. The molecular weight excluding hydrogens is 461 g/mol. The minimum absolute atomic E-state index is 0.177. The number of hydrogen-bond acceptors (Lipinski definition) is 5. The fraction of sp³-hybridized carbons (Fsp3) is 0.538. The van der Waals surface area contributed by atoms with Crippen molar-refractivity contribution in [3.8, 4) is 5.75 Å². The second kappa shape index (κ2) is 9.33. The van der Waals surface area contributed by atoms with Crippen LogP contribution in [0.2, 0.25) is 0 Å². The van der Waals surface area contributed by atoms with Crippen LogP contribution in [0.3, 0.4) is 0 Å². The highest BCUT2D eigenvalue weighted by Gasteiger charge is 2.54. The summed E-state index contributed by atoms with van der Waals surface area (Å²) in [7, 11) is 1.41. The van der Waals surface area contributed by atoms with E-state index >= 15 is 0 Å². The molecule has 0 N–H and O–H groups in total. The smallest absolute Gasteiger partial charge is 0.433 e. The summed E-state index contributed by atoms with van der Waals surface area (Å²) in [6.45, 7) is 6.12. The Morgan fingerprint density at radius 1 is 1.14 bits per heavy atom. The van der Waals surface area contributed by atoms with E-state index in [0.29, 0.717) is 31.6 Å². The van der Waals surface area contributed by atoms with Crippen LogP contribution in [0, 0.1) is 0 Å². The number of carbonyl (C=O) groups excluding carboxylic acids is 1. The number of likely N-dealkylation sites (tertiary alicyclic amines) is 1. The summed E-state index contributed by atoms with van der Waals surface area (Å²) in [4.78, 5) is 18.9. The molecule has 2 aliphatic rings. The van der Waals surface area contributed by atoms with E-state index in [1.54, 1.807) is 4.90 Å². The number of hydrogen-bond donors (Lipinski definition) is 0. The van der Waals surface area contributed by atoms with Crippen molar-refractivity contribution >= 4 is 6.09 Å². The standard InChI is InChI=1S/C26H31F3N2O4/c1-24(2,3)35-23(32)31-14-8-13-25(22(31)17-9-6-5-7-10-17)15-18(16-34-25)21-19(33-4)11-12-20(30-21)26(27,28)29/h5-7,9-12,18,22H,8,13-16H2,1-4H3/t18-,22+,25-/m1/s1. The number of carbonyl (C=O) groups is 1. The van der Waals surface area contributed by atoms with Gasteiger partial charge >= 0.3 is 12.3 Å². The summed E-state index contributed by atoms with van der Waals surface area (Å²) >= 11 is 0. The minimum atomic E-state index is -4.57. The van der Waals surface area contributed by atoms with Crippen LogP contribution in [0.15, 0.2) is 42.5 Å². The molecule has 4 rings (SSSR count). The van der Waals surface area contributed by atoms with Gasteiger partial charge in [-0.1, -0.05) is 30.3 Å². The number of amides is 1. The van der Waals surface area contributed by atoms with Gasteiger partial charge in [-0.05, 0) is 57.7 Å². The maximum atomic E-state index is 13.4. The molecule has 9 heteroatoms. The van der Waals surface area contributed by atoms with Crippen LogP contribution in [-0.4, -0.2) is 47.4 Å². The molecule has 2 fully saturated rings. The fourth-order valence-corrected chi connectivity index (χ4v) is 5.16. The van der Waals surface area contributed by atoms with Crippen molar-refractivity contribution in [1.29, 1.82) is 0 Å². The predicted molar refractivity (Wildman–Crippen MR) is 123 cm³/mol. The van der Waals surface area contributed by atoms with E-state index in [1.165, 1.54) is 13.2 Å². The van der Waals surface area contributed by atoms with Crippen molar-refractivity contribution in [2.24, 2.45) is 0 Å². The number of piperidine rings is 1. The highest BCUT2D eigenvalue weighted by atomic mass is 19.4. The van der Waals surface area contributed by atoms with Crippen LogP contribution in [0.5, 0.6) is 5.75 Å². The van der Waals surface area contributed by atoms with E-state index in [2.05, 4.69) is 4.98 Å². The molecule has 1 aromatic carbocycles. The molecule has 0 aliphatic carbocycles. The molecule has 2 saturated heterocycles. The zero-order chi connectivity index (χ0) is 25.4. The van der Waals surface area contributed by atoms with Gasteiger partial charge in [0.2, 0.25) is 0 Å². The first-order valence-corrected chi connectivity index (χ1v) is 11.7. The second-order valence-corrected chi connectivity index (χ2v) is 10.1. The Morgan fingerprint density at radius 3 is 2.49 bits per heavy atom. The third kappa shape index (κ3) is 5.24. The van der Waals surface area contributed by atoms with Gasteiger partial charge in [-0.2, -0.15) is 13.2 Å². The van der Waals surface area contributed by atoms with E-state index in [9.17, 15) is 18.0 Å². The quantitative estimate of drug-likeness (QED) is 0.516. The first-order valence-electron chi connectivity index (χ1n) is 11.7. The highest BCUT2D eigenvalue weighted by Crippen LogP contribution is 2.52. The maximum Gasteiger partial charge on any atom is 0.433 e. The van der Waals surface area contributed by atoms with Crippen molar-refractivity contribution in [1.82, 2.24) is 9.88 Å². The van der Waals surface area contributed by atoms with Gasteiger partial charge in [0.15, 0.2) is 0 Å². The molecule has 1 aromatic heterocycles. The average Bonchev–Trinajstić information content (AvgIpc) is 3.21. The lowest BCUT2D eigenvalue weighted by Crippen LogP contribution is -2.53. The van der Waals surface area contributed by atoms with Crippen molar-refractivity contribution < 1.29 is 32.2 Å². The number of alkyl halides is 3. The molecule has 2 aromatic rings. The molecule has 0 saturated carbocycles. The second-order valence-electron chi connectivity index (χ2n) is 10.1. The lowest BCUT2D eigenvalue weighted by atomic mass is 9.76. The van der Waals surface area contributed by atoms with Gasteiger partial charge in [-0.3, -0.25) is 4.90 Å². The highest BCUT2D eigenvalue weighted by molar-refractivity contribution is 5.69. The van der Waals surface area contributed by atoms with Gasteiger partial charge in [-0.15, -0.1) is 0 Å². The zero-order valence-corrected chi connectivity index (χ0v) is 20.4. The van der Waals surface area contributed by atoms with Crippen molar-refractivity contribution in [3.05, 3.63) is 59.4 Å². The number of methoxy groups -OCH3 is 1. The molecule has 1 amide bonds. The van der Waals surface area contributed by atoms with Crippen molar-refractivity contribution in [2.45, 2.75) is 69.4 Å². The van der Waals surface area contributed by atoms with Crippen LogP contribution in [0.4, 0.5) is 18.0 Å². The van der Waals surface area contributed by atoms with Gasteiger partial charge in [0.1, 0.15) is 17.0 Å². The monoisotopic (exact) mass is 492 g/mol. The van der Waals surface area contributed by atoms with E-state index < -0.39 is 41.1 Å². The molecule has 3 heterocycles. The molecular formula is C26H31F3N2O4. The summed E-state index contributed by atoms with van der Waals surface area (Å²) in [5.41, 5.74) is -1.31. The molecule has 2 aliphatic heterocycles. The summed E-state index contributed by atoms with van der Waals surface area (Å²) in [6.07, 6.45) is -3.27. The zero-order valence-electron chi connectivity index (χ0n) is 20.4. The molecule has 6 nitrogen and oxygen atoms in total. The number of aromatic nitrogens is 1. The topological polar surface area (TPSA) is 60.9 Å². The number of nitrogens with zero attached hydrogens (tertiary/aromatic N) is 2. The van der Waals surface area contributed by atoms with Crippen molar-refractivity contribution in [3.63, 3.8) is 0 Å². The SMILES string of the molecule is COc1ccc(C(F)(F)F)nc1[C@H]1CO[C@]2(CCCN(C(=O)OC(C)(C)C)[C@H]2c2ccccc2)C1. The average molecular weight is 493 g/mol. The predicted octanol–water partition coefficient (Wildman–Crippen LogP) is 6.12. The van der Waals surface area contributed by atoms with Gasteiger partial charge < -0.3 is 14.2 Å². The lowest BCUT2D eigenvalue weighted by molar-refractivity contribution is -0.141. The maximum absolute atomic E-state index is 13.4. The number of pyridine rings is 1. The van der Waals surface area contributed by atoms with Gasteiger partial charge in [-0.25, -0.2) is 9.78 Å². The van der Waals surface area contributed by atoms with E-state index in [0.717, 1.165) is 11.6 Å². The first-order chi connectivity index (χ1) is 16.4. The van der Waals surface area contributed by atoms with E-state index in [1.807, 2.05) is 51.1 Å². The Balaban J connectivity index is 1.72. The summed E-state index contributed by atoms with van der Waals surface area (Å²) in [5.74, 6) is -0.128. The Kier molecular flexibility index (Phi) is 6.74. The first kappa shape index (κ1) is 25.3. The molecule has 0 bridgehead atoms. The molecule has 1 spiro atoms. The van der Waals surface area contributed by atoms with Crippen LogP contribution < -0.4 is 4.74 Å². The number of halogens is 3. The number of ether oxygens (including phenoxy) is 3. The van der Waals surface area contributed by atoms with Crippen LogP contribution in [-0.2, 0) is 15.7 Å². The third-order valence-electron chi connectivity index (χ3n) is 6.50. The van der Waals surface area contributed by atoms with Crippen molar-refractivity contribution in [2.75, 3.05) is 20.3 Å². The van der Waals surface area contributed by atoms with Gasteiger partial charge in [0, 0.05) is 12.5 Å². The van der Waals surface area contributed by atoms with Gasteiger partial charge in [0.25, 0.3) is 0 Å². The van der Waals surface area contributed by atoms with Gasteiger partial charge in [0.05, 0.1) is 31.1 Å². The molecule has 35 heavy (non-hydrogen) atoms. The third-order valence-corrected chi connectivity index (χ3v) is 6.50. The largest absolute Gasteiger partial charge is 0.495 e. The molecule has 3 atom stereocenters. The number of benzene rings is 1. The Hall–Kier alpha value is -2.81. The summed E-state index contributed by atoms with van der Waals surface area (Å²) < 4.78 is 57.7. The minimum Gasteiger partial charge on any atom is -0.495 e. The van der Waals surface area contributed by atoms with E-state index in [4.69, 9.17) is 14.2 Å². The Morgan fingerprint density at radius 2 is 1.86 bits per heavy atom. The van der Waals surface area contributed by atoms with Crippen LogP contribution >= 0.6 is 0 Å². The fourth-order valence-electron chi connectivity index (χ4n) is 5.16. The van der Waals surface area contributed by atoms with Crippen LogP contribution in [0.25, 0.3) is 0 Å². The normalized spacial score (nSPS) is 25.1. The number of rotatable bonds is 3.